The fourth-order valence-corrected chi connectivity index (χ4v) is 2.18. The van der Waals surface area contributed by atoms with Crippen LogP contribution in [0, 0.1) is 0 Å². The van der Waals surface area contributed by atoms with Gasteiger partial charge < -0.3 is 15.0 Å². The lowest BCUT2D eigenvalue weighted by atomic mass is 10.1. The van der Waals surface area contributed by atoms with E-state index < -0.39 is 11.7 Å². The number of hydrogen-bond donors (Lipinski definition) is 1. The van der Waals surface area contributed by atoms with E-state index in [1.807, 2.05) is 11.9 Å². The van der Waals surface area contributed by atoms with Crippen LogP contribution in [0.15, 0.2) is 18.2 Å². The predicted octanol–water partition coefficient (Wildman–Crippen LogP) is 2.83. The number of nitrogens with zero attached hydrogens (tertiary/aromatic N) is 1. The third-order valence-electron chi connectivity index (χ3n) is 3.22. The van der Waals surface area contributed by atoms with E-state index in [1.54, 1.807) is 7.05 Å². The van der Waals surface area contributed by atoms with Gasteiger partial charge in [0.15, 0.2) is 0 Å². The molecule has 0 radical (unpaired) electrons. The standard InChI is InChI=1S/C13H17F3N2O/c1-17-9-3-4-11(13(14,15)16)12(7-9)19-10-5-6-18(2)8-10/h3-4,7,10,17H,5-6,8H2,1-2H3. The largest absolute Gasteiger partial charge is 0.488 e. The normalized spacial score (nSPS) is 20.6. The molecule has 0 aromatic heterocycles. The molecule has 1 N–H and O–H groups in total. The minimum atomic E-state index is -4.40. The molecule has 0 spiro atoms. The van der Waals surface area contributed by atoms with Crippen molar-refractivity contribution in [3.05, 3.63) is 23.8 Å². The summed E-state index contributed by atoms with van der Waals surface area (Å²) in [6, 6.07) is 3.86. The van der Waals surface area contributed by atoms with Crippen molar-refractivity contribution in [1.82, 2.24) is 4.90 Å². The number of ether oxygens (including phenoxy) is 1. The summed E-state index contributed by atoms with van der Waals surface area (Å²) in [6.45, 7) is 1.50. The van der Waals surface area contributed by atoms with Crippen LogP contribution in [-0.4, -0.2) is 38.2 Å². The quantitative estimate of drug-likeness (QED) is 0.917. The number of hydrogen-bond acceptors (Lipinski definition) is 3. The zero-order valence-corrected chi connectivity index (χ0v) is 10.9. The van der Waals surface area contributed by atoms with Gasteiger partial charge in [0.05, 0.1) is 5.56 Å². The monoisotopic (exact) mass is 274 g/mol. The van der Waals surface area contributed by atoms with Crippen molar-refractivity contribution in [2.45, 2.75) is 18.7 Å². The Morgan fingerprint density at radius 2 is 2.11 bits per heavy atom. The van der Waals surface area contributed by atoms with Gasteiger partial charge in [-0.3, -0.25) is 0 Å². The SMILES string of the molecule is CNc1ccc(C(F)(F)F)c(OC2CCN(C)C2)c1. The molecular weight excluding hydrogens is 257 g/mol. The molecule has 1 aromatic rings. The Bertz CT molecular complexity index is 448. The number of benzene rings is 1. The molecule has 2 rings (SSSR count). The Morgan fingerprint density at radius 1 is 1.37 bits per heavy atom. The maximum atomic E-state index is 12.9. The van der Waals surface area contributed by atoms with Gasteiger partial charge in [0.1, 0.15) is 11.9 Å². The maximum Gasteiger partial charge on any atom is 0.419 e. The van der Waals surface area contributed by atoms with Gasteiger partial charge in [0.25, 0.3) is 0 Å². The molecule has 1 atom stereocenters. The molecule has 0 aliphatic carbocycles. The minimum Gasteiger partial charge on any atom is -0.488 e. The van der Waals surface area contributed by atoms with Gasteiger partial charge in [-0.25, -0.2) is 0 Å². The molecule has 1 heterocycles. The number of halogens is 3. The highest BCUT2D eigenvalue weighted by Crippen LogP contribution is 2.38. The van der Waals surface area contributed by atoms with Crippen LogP contribution >= 0.6 is 0 Å². The van der Waals surface area contributed by atoms with Crippen molar-refractivity contribution >= 4 is 5.69 Å². The maximum absolute atomic E-state index is 12.9. The summed E-state index contributed by atoms with van der Waals surface area (Å²) in [7, 11) is 3.59. The van der Waals surface area contributed by atoms with E-state index in [2.05, 4.69) is 5.32 Å². The fraction of sp³-hybridized carbons (Fsp3) is 0.538. The minimum absolute atomic E-state index is 0.0975. The highest BCUT2D eigenvalue weighted by atomic mass is 19.4. The molecule has 1 aliphatic heterocycles. The van der Waals surface area contributed by atoms with E-state index in [0.29, 0.717) is 12.2 Å². The first kappa shape index (κ1) is 14.0. The predicted molar refractivity (Wildman–Crippen MR) is 67.5 cm³/mol. The average Bonchev–Trinajstić information content (AvgIpc) is 2.73. The molecule has 1 unspecified atom stereocenters. The van der Waals surface area contributed by atoms with Gasteiger partial charge in [-0.1, -0.05) is 0 Å². The highest BCUT2D eigenvalue weighted by molar-refractivity contribution is 5.52. The van der Waals surface area contributed by atoms with Crippen LogP contribution in [0.25, 0.3) is 0 Å². The van der Waals surface area contributed by atoms with Crippen LogP contribution in [0.5, 0.6) is 5.75 Å². The number of anilines is 1. The van der Waals surface area contributed by atoms with Crippen molar-refractivity contribution in [3.63, 3.8) is 0 Å². The van der Waals surface area contributed by atoms with E-state index in [1.165, 1.54) is 12.1 Å². The Kier molecular flexibility index (Phi) is 3.89. The summed E-state index contributed by atoms with van der Waals surface area (Å²) >= 11 is 0. The molecule has 1 fully saturated rings. The lowest BCUT2D eigenvalue weighted by Crippen LogP contribution is -2.22. The molecule has 106 valence electrons. The molecule has 6 heteroatoms. The third kappa shape index (κ3) is 3.32. The average molecular weight is 274 g/mol. The molecule has 1 saturated heterocycles. The first-order chi connectivity index (χ1) is 8.90. The molecular formula is C13H17F3N2O. The van der Waals surface area contributed by atoms with Gasteiger partial charge in [0, 0.05) is 31.9 Å². The van der Waals surface area contributed by atoms with Crippen molar-refractivity contribution in [2.24, 2.45) is 0 Å². The van der Waals surface area contributed by atoms with Crippen molar-refractivity contribution in [2.75, 3.05) is 32.5 Å². The fourth-order valence-electron chi connectivity index (χ4n) is 2.18. The Hall–Kier alpha value is -1.43. The van der Waals surface area contributed by atoms with Gasteiger partial charge in [-0.15, -0.1) is 0 Å². The summed E-state index contributed by atoms with van der Waals surface area (Å²) < 4.78 is 44.3. The summed E-state index contributed by atoms with van der Waals surface area (Å²) in [6.07, 6.45) is -3.83. The Balaban J connectivity index is 2.25. The van der Waals surface area contributed by atoms with Gasteiger partial charge in [-0.2, -0.15) is 13.2 Å². The first-order valence-corrected chi connectivity index (χ1v) is 6.14. The summed E-state index contributed by atoms with van der Waals surface area (Å²) in [5.74, 6) is -0.0975. The van der Waals surface area contributed by atoms with Crippen LogP contribution in [0.2, 0.25) is 0 Å². The molecule has 1 aromatic carbocycles. The second-order valence-corrected chi connectivity index (χ2v) is 4.75. The molecule has 19 heavy (non-hydrogen) atoms. The van der Waals surface area contributed by atoms with Gasteiger partial charge in [-0.05, 0) is 25.6 Å². The number of likely N-dealkylation sites (tertiary alicyclic amines) is 1. The molecule has 0 bridgehead atoms. The lowest BCUT2D eigenvalue weighted by molar-refractivity contribution is -0.139. The third-order valence-corrected chi connectivity index (χ3v) is 3.22. The smallest absolute Gasteiger partial charge is 0.419 e. The summed E-state index contributed by atoms with van der Waals surface area (Å²) in [5, 5.41) is 2.82. The van der Waals surface area contributed by atoms with E-state index in [0.717, 1.165) is 19.0 Å². The van der Waals surface area contributed by atoms with Crippen molar-refractivity contribution in [1.29, 1.82) is 0 Å². The number of alkyl halides is 3. The second-order valence-electron chi connectivity index (χ2n) is 4.75. The van der Waals surface area contributed by atoms with E-state index in [-0.39, 0.29) is 11.9 Å². The lowest BCUT2D eigenvalue weighted by Gasteiger charge is -2.19. The van der Waals surface area contributed by atoms with E-state index in [9.17, 15) is 13.2 Å². The van der Waals surface area contributed by atoms with Gasteiger partial charge >= 0.3 is 6.18 Å². The first-order valence-electron chi connectivity index (χ1n) is 6.14. The zero-order chi connectivity index (χ0) is 14.0. The zero-order valence-electron chi connectivity index (χ0n) is 10.9. The molecule has 3 nitrogen and oxygen atoms in total. The van der Waals surface area contributed by atoms with Crippen LogP contribution in [0.4, 0.5) is 18.9 Å². The molecule has 0 amide bonds. The Labute approximate surface area is 110 Å². The van der Waals surface area contributed by atoms with Crippen LogP contribution in [0.1, 0.15) is 12.0 Å². The van der Waals surface area contributed by atoms with Crippen LogP contribution in [0.3, 0.4) is 0 Å². The van der Waals surface area contributed by atoms with E-state index in [4.69, 9.17) is 4.74 Å². The van der Waals surface area contributed by atoms with Crippen molar-refractivity contribution < 1.29 is 17.9 Å². The molecule has 1 aliphatic rings. The summed E-state index contributed by atoms with van der Waals surface area (Å²) in [4.78, 5) is 2.04. The summed E-state index contributed by atoms with van der Waals surface area (Å²) in [5.41, 5.74) is -0.115. The number of rotatable bonds is 3. The second kappa shape index (κ2) is 5.28. The van der Waals surface area contributed by atoms with Crippen molar-refractivity contribution in [3.8, 4) is 5.75 Å². The van der Waals surface area contributed by atoms with Gasteiger partial charge in [0.2, 0.25) is 0 Å². The Morgan fingerprint density at radius 3 is 2.63 bits per heavy atom. The molecule has 0 saturated carbocycles. The van der Waals surface area contributed by atoms with E-state index >= 15 is 0 Å². The highest BCUT2D eigenvalue weighted by Gasteiger charge is 2.35. The number of nitrogens with one attached hydrogen (secondary N) is 1. The van der Waals surface area contributed by atoms with Crippen LogP contribution in [-0.2, 0) is 6.18 Å². The number of likely N-dealkylation sites (N-methyl/N-ethyl adjacent to an activating group) is 1. The topological polar surface area (TPSA) is 24.5 Å². The van der Waals surface area contributed by atoms with Crippen LogP contribution < -0.4 is 10.1 Å².